The molecule has 4 nitrogen and oxygen atoms in total. The van der Waals surface area contributed by atoms with Gasteiger partial charge in [0.15, 0.2) is 0 Å². The van der Waals surface area contributed by atoms with Crippen LogP contribution in [0.4, 0.5) is 10.5 Å². The van der Waals surface area contributed by atoms with Crippen molar-refractivity contribution in [2.75, 3.05) is 11.9 Å². The van der Waals surface area contributed by atoms with Gasteiger partial charge in [-0.25, -0.2) is 4.79 Å². The van der Waals surface area contributed by atoms with Gasteiger partial charge in [-0.15, -0.1) is 0 Å². The van der Waals surface area contributed by atoms with Crippen LogP contribution >= 0.6 is 0 Å². The van der Waals surface area contributed by atoms with Crippen molar-refractivity contribution >= 4 is 11.7 Å². The Morgan fingerprint density at radius 1 is 0.815 bits per heavy atom. The molecule has 0 aliphatic heterocycles. The van der Waals surface area contributed by atoms with Gasteiger partial charge in [-0.3, -0.25) is 0 Å². The topological polar surface area (TPSA) is 50.4 Å². The minimum Gasteiger partial charge on any atom is -0.457 e. The second-order valence-corrected chi connectivity index (χ2v) is 6.89. The van der Waals surface area contributed by atoms with Crippen molar-refractivity contribution in [3.8, 4) is 11.5 Å². The van der Waals surface area contributed by atoms with Gasteiger partial charge in [-0.05, 0) is 54.8 Å². The van der Waals surface area contributed by atoms with E-state index in [-0.39, 0.29) is 11.4 Å². The van der Waals surface area contributed by atoms with Crippen LogP contribution in [-0.2, 0) is 5.41 Å². The SMILES string of the molecule is O=C(NCC1(c2ccccc2)CC1)Nc1ccc(Oc2ccccc2)cc1. The van der Waals surface area contributed by atoms with Crippen LogP contribution in [-0.4, -0.2) is 12.6 Å². The molecule has 0 bridgehead atoms. The predicted octanol–water partition coefficient (Wildman–Crippen LogP) is 5.33. The summed E-state index contributed by atoms with van der Waals surface area (Å²) < 4.78 is 5.76. The van der Waals surface area contributed by atoms with Crippen molar-refractivity contribution in [2.24, 2.45) is 0 Å². The van der Waals surface area contributed by atoms with E-state index in [0.717, 1.165) is 30.0 Å². The number of anilines is 1. The van der Waals surface area contributed by atoms with Crippen molar-refractivity contribution in [1.82, 2.24) is 5.32 Å². The smallest absolute Gasteiger partial charge is 0.319 e. The summed E-state index contributed by atoms with van der Waals surface area (Å²) in [7, 11) is 0. The first-order chi connectivity index (χ1) is 13.2. The molecule has 4 rings (SSSR count). The van der Waals surface area contributed by atoms with E-state index in [1.54, 1.807) is 0 Å². The van der Waals surface area contributed by atoms with Crippen molar-refractivity contribution in [3.63, 3.8) is 0 Å². The van der Waals surface area contributed by atoms with Crippen LogP contribution in [0.1, 0.15) is 18.4 Å². The van der Waals surface area contributed by atoms with Gasteiger partial charge in [-0.2, -0.15) is 0 Å². The molecule has 1 fully saturated rings. The Hall–Kier alpha value is -3.27. The highest BCUT2D eigenvalue weighted by Gasteiger charge is 2.44. The molecule has 0 unspecified atom stereocenters. The van der Waals surface area contributed by atoms with Crippen LogP contribution in [0.3, 0.4) is 0 Å². The van der Waals surface area contributed by atoms with E-state index in [1.807, 2.05) is 60.7 Å². The van der Waals surface area contributed by atoms with Gasteiger partial charge < -0.3 is 15.4 Å². The Bertz CT molecular complexity index is 889. The molecule has 1 aliphatic rings. The summed E-state index contributed by atoms with van der Waals surface area (Å²) in [6, 6.07) is 27.2. The molecule has 4 heteroatoms. The van der Waals surface area contributed by atoms with Crippen molar-refractivity contribution in [1.29, 1.82) is 0 Å². The quantitative estimate of drug-likeness (QED) is 0.625. The van der Waals surface area contributed by atoms with Gasteiger partial charge in [0.25, 0.3) is 0 Å². The first-order valence-corrected chi connectivity index (χ1v) is 9.17. The summed E-state index contributed by atoms with van der Waals surface area (Å²) in [6.45, 7) is 0.651. The second-order valence-electron chi connectivity index (χ2n) is 6.89. The first kappa shape index (κ1) is 17.2. The number of carbonyl (C=O) groups excluding carboxylic acids is 1. The Balaban J connectivity index is 1.30. The van der Waals surface area contributed by atoms with E-state index >= 15 is 0 Å². The highest BCUT2D eigenvalue weighted by molar-refractivity contribution is 5.89. The molecule has 0 heterocycles. The van der Waals surface area contributed by atoms with E-state index in [0.29, 0.717) is 6.54 Å². The number of hydrogen-bond acceptors (Lipinski definition) is 2. The average molecular weight is 358 g/mol. The molecule has 2 amide bonds. The first-order valence-electron chi connectivity index (χ1n) is 9.17. The molecular weight excluding hydrogens is 336 g/mol. The normalized spacial score (nSPS) is 14.2. The number of hydrogen-bond donors (Lipinski definition) is 2. The van der Waals surface area contributed by atoms with Crippen LogP contribution in [0.2, 0.25) is 0 Å². The fourth-order valence-corrected chi connectivity index (χ4v) is 3.17. The highest BCUT2D eigenvalue weighted by atomic mass is 16.5. The summed E-state index contributed by atoms with van der Waals surface area (Å²) in [4.78, 5) is 12.2. The fraction of sp³-hybridized carbons (Fsp3) is 0.174. The largest absolute Gasteiger partial charge is 0.457 e. The van der Waals surface area contributed by atoms with Crippen molar-refractivity contribution in [3.05, 3.63) is 90.5 Å². The maximum absolute atomic E-state index is 12.2. The molecule has 0 saturated heterocycles. The van der Waals surface area contributed by atoms with Gasteiger partial charge in [0.1, 0.15) is 11.5 Å². The van der Waals surface area contributed by atoms with Gasteiger partial charge in [0, 0.05) is 17.6 Å². The monoisotopic (exact) mass is 358 g/mol. The third kappa shape index (κ3) is 4.29. The summed E-state index contributed by atoms with van der Waals surface area (Å²) in [5.74, 6) is 1.51. The Morgan fingerprint density at radius 3 is 2.04 bits per heavy atom. The van der Waals surface area contributed by atoms with E-state index in [4.69, 9.17) is 4.74 Å². The molecule has 136 valence electrons. The summed E-state index contributed by atoms with van der Waals surface area (Å²) in [6.07, 6.45) is 2.23. The van der Waals surface area contributed by atoms with Crippen LogP contribution < -0.4 is 15.4 Å². The lowest BCUT2D eigenvalue weighted by molar-refractivity contribution is 0.251. The van der Waals surface area contributed by atoms with E-state index < -0.39 is 0 Å². The second kappa shape index (κ2) is 7.54. The Kier molecular flexibility index (Phi) is 4.79. The summed E-state index contributed by atoms with van der Waals surface area (Å²) in [5.41, 5.74) is 2.14. The maximum atomic E-state index is 12.2. The minimum atomic E-state index is -0.186. The molecule has 0 atom stereocenters. The number of para-hydroxylation sites is 1. The zero-order valence-corrected chi connectivity index (χ0v) is 15.0. The third-order valence-corrected chi connectivity index (χ3v) is 4.92. The molecule has 27 heavy (non-hydrogen) atoms. The van der Waals surface area contributed by atoms with Crippen molar-refractivity contribution < 1.29 is 9.53 Å². The number of benzene rings is 3. The fourth-order valence-electron chi connectivity index (χ4n) is 3.17. The Morgan fingerprint density at radius 2 is 1.41 bits per heavy atom. The summed E-state index contributed by atoms with van der Waals surface area (Å²) in [5, 5.41) is 5.88. The summed E-state index contributed by atoms with van der Waals surface area (Å²) >= 11 is 0. The van der Waals surface area contributed by atoms with Gasteiger partial charge in [0.2, 0.25) is 0 Å². The average Bonchev–Trinajstić information content (AvgIpc) is 3.51. The number of ether oxygens (including phenoxy) is 1. The lowest BCUT2D eigenvalue weighted by Gasteiger charge is -2.17. The molecule has 0 radical (unpaired) electrons. The molecule has 0 spiro atoms. The van der Waals surface area contributed by atoms with Crippen LogP contribution in [0.25, 0.3) is 0 Å². The van der Waals surface area contributed by atoms with Crippen LogP contribution in [0.15, 0.2) is 84.9 Å². The van der Waals surface area contributed by atoms with Crippen LogP contribution in [0.5, 0.6) is 11.5 Å². The minimum absolute atomic E-state index is 0.103. The molecule has 2 N–H and O–H groups in total. The molecule has 1 saturated carbocycles. The number of nitrogens with one attached hydrogen (secondary N) is 2. The molecule has 0 aromatic heterocycles. The van der Waals surface area contributed by atoms with Crippen LogP contribution in [0, 0.1) is 0 Å². The van der Waals surface area contributed by atoms with Gasteiger partial charge in [0.05, 0.1) is 0 Å². The number of amides is 2. The highest BCUT2D eigenvalue weighted by Crippen LogP contribution is 2.47. The lowest BCUT2D eigenvalue weighted by Crippen LogP contribution is -2.35. The molecule has 1 aliphatic carbocycles. The van der Waals surface area contributed by atoms with E-state index in [9.17, 15) is 4.79 Å². The predicted molar refractivity (Wildman–Crippen MR) is 107 cm³/mol. The van der Waals surface area contributed by atoms with Gasteiger partial charge >= 0.3 is 6.03 Å². The number of carbonyl (C=O) groups is 1. The maximum Gasteiger partial charge on any atom is 0.319 e. The lowest BCUT2D eigenvalue weighted by atomic mass is 9.96. The van der Waals surface area contributed by atoms with Gasteiger partial charge in [-0.1, -0.05) is 48.5 Å². The molecule has 3 aromatic carbocycles. The molecular formula is C23H22N2O2. The van der Waals surface area contributed by atoms with E-state index in [2.05, 4.69) is 34.9 Å². The zero-order valence-electron chi connectivity index (χ0n) is 15.0. The number of urea groups is 1. The Labute approximate surface area is 159 Å². The zero-order chi connectivity index (χ0) is 18.5. The van der Waals surface area contributed by atoms with E-state index in [1.165, 1.54) is 5.56 Å². The third-order valence-electron chi connectivity index (χ3n) is 4.92. The van der Waals surface area contributed by atoms with Crippen molar-refractivity contribution in [2.45, 2.75) is 18.3 Å². The number of rotatable bonds is 6. The standard InChI is InChI=1S/C23H22N2O2/c26-22(24-17-23(15-16-23)18-7-3-1-4-8-18)25-19-11-13-21(14-12-19)27-20-9-5-2-6-10-20/h1-14H,15-17H2,(H2,24,25,26). The molecule has 3 aromatic rings.